The minimum absolute atomic E-state index is 0.166. The number of nitrogens with zero attached hydrogens (tertiary/aromatic N) is 1. The summed E-state index contributed by atoms with van der Waals surface area (Å²) in [5, 5.41) is 3.13. The van der Waals surface area contributed by atoms with Gasteiger partial charge in [0, 0.05) is 25.8 Å². The molecule has 0 aliphatic carbocycles. The van der Waals surface area contributed by atoms with E-state index < -0.39 is 0 Å². The van der Waals surface area contributed by atoms with Gasteiger partial charge in [-0.1, -0.05) is 19.4 Å². The van der Waals surface area contributed by atoms with E-state index in [2.05, 4.69) is 12.2 Å². The maximum Gasteiger partial charge on any atom is 0.255 e. The van der Waals surface area contributed by atoms with Gasteiger partial charge in [0.1, 0.15) is 0 Å². The first kappa shape index (κ1) is 13.9. The number of aryl methyl sites for hydroxylation is 1. The first-order chi connectivity index (χ1) is 9.15. The highest BCUT2D eigenvalue weighted by atomic mass is 16.2. The van der Waals surface area contributed by atoms with Crippen molar-refractivity contribution in [3.05, 3.63) is 29.3 Å². The molecule has 3 nitrogen and oxygen atoms in total. The fourth-order valence-corrected chi connectivity index (χ4v) is 2.77. The summed E-state index contributed by atoms with van der Waals surface area (Å²) in [6.45, 7) is 6.08. The van der Waals surface area contributed by atoms with Gasteiger partial charge in [0.05, 0.1) is 5.56 Å². The first-order valence-corrected chi connectivity index (χ1v) is 7.23. The first-order valence-electron chi connectivity index (χ1n) is 7.23. The van der Waals surface area contributed by atoms with Crippen LogP contribution >= 0.6 is 0 Å². The summed E-state index contributed by atoms with van der Waals surface area (Å²) in [6, 6.07) is 5.98. The van der Waals surface area contributed by atoms with Crippen LogP contribution in [0, 0.1) is 12.8 Å². The van der Waals surface area contributed by atoms with Crippen molar-refractivity contribution in [2.45, 2.75) is 33.1 Å². The van der Waals surface area contributed by atoms with Crippen LogP contribution in [-0.4, -0.2) is 30.9 Å². The van der Waals surface area contributed by atoms with Crippen LogP contribution < -0.4 is 5.32 Å². The number of piperidine rings is 1. The van der Waals surface area contributed by atoms with Gasteiger partial charge < -0.3 is 10.2 Å². The molecule has 1 fully saturated rings. The average Bonchev–Trinajstić information content (AvgIpc) is 2.46. The molecule has 104 valence electrons. The molecule has 0 radical (unpaired) electrons. The summed E-state index contributed by atoms with van der Waals surface area (Å²) >= 11 is 0. The Balaban J connectivity index is 2.12. The Morgan fingerprint density at radius 3 is 2.63 bits per heavy atom. The van der Waals surface area contributed by atoms with Gasteiger partial charge in [-0.05, 0) is 43.4 Å². The predicted molar refractivity (Wildman–Crippen MR) is 79.6 cm³/mol. The van der Waals surface area contributed by atoms with Crippen LogP contribution in [0.5, 0.6) is 0 Å². The molecule has 2 rings (SSSR count). The zero-order valence-electron chi connectivity index (χ0n) is 12.2. The Morgan fingerprint density at radius 1 is 1.37 bits per heavy atom. The summed E-state index contributed by atoms with van der Waals surface area (Å²) in [6.07, 6.45) is 3.51. The fraction of sp³-hybridized carbons (Fsp3) is 0.562. The van der Waals surface area contributed by atoms with E-state index in [-0.39, 0.29) is 5.91 Å². The van der Waals surface area contributed by atoms with E-state index in [1.54, 1.807) is 0 Å². The number of hydrogen-bond donors (Lipinski definition) is 1. The number of rotatable bonds is 3. The normalized spacial score (nSPS) is 16.5. The lowest BCUT2D eigenvalue weighted by Crippen LogP contribution is -2.38. The Kier molecular flexibility index (Phi) is 4.46. The highest BCUT2D eigenvalue weighted by Crippen LogP contribution is 2.24. The molecule has 0 atom stereocenters. The van der Waals surface area contributed by atoms with Gasteiger partial charge >= 0.3 is 0 Å². The lowest BCUT2D eigenvalue weighted by Gasteiger charge is -2.32. The number of carbonyl (C=O) groups is 1. The molecule has 3 heteroatoms. The summed E-state index contributed by atoms with van der Waals surface area (Å²) < 4.78 is 0. The molecule has 19 heavy (non-hydrogen) atoms. The molecule has 1 aromatic carbocycles. The number of carbonyl (C=O) groups excluding carboxylic acids is 1. The van der Waals surface area contributed by atoms with Crippen molar-refractivity contribution >= 4 is 11.6 Å². The maximum atomic E-state index is 12.6. The van der Waals surface area contributed by atoms with Crippen LogP contribution in [0.4, 0.5) is 5.69 Å². The summed E-state index contributed by atoms with van der Waals surface area (Å²) in [4.78, 5) is 14.6. The molecule has 1 amide bonds. The molecule has 0 spiro atoms. The Morgan fingerprint density at radius 2 is 2.05 bits per heavy atom. The van der Waals surface area contributed by atoms with Crippen LogP contribution in [0.25, 0.3) is 0 Å². The quantitative estimate of drug-likeness (QED) is 0.904. The SMILES string of the molecule is CCC1CCN(C(=O)c2ccc(C)cc2NC)CC1. The van der Waals surface area contributed by atoms with Crippen molar-refractivity contribution in [1.29, 1.82) is 0 Å². The number of nitrogens with one attached hydrogen (secondary N) is 1. The van der Waals surface area contributed by atoms with E-state index in [1.807, 2.05) is 37.1 Å². The van der Waals surface area contributed by atoms with Crippen molar-refractivity contribution in [1.82, 2.24) is 4.90 Å². The minimum Gasteiger partial charge on any atom is -0.387 e. The number of anilines is 1. The van der Waals surface area contributed by atoms with E-state index >= 15 is 0 Å². The van der Waals surface area contributed by atoms with Gasteiger partial charge in [0.15, 0.2) is 0 Å². The van der Waals surface area contributed by atoms with Gasteiger partial charge in [-0.3, -0.25) is 4.79 Å². The van der Waals surface area contributed by atoms with E-state index in [9.17, 15) is 4.79 Å². The monoisotopic (exact) mass is 260 g/mol. The molecule has 0 aromatic heterocycles. The largest absolute Gasteiger partial charge is 0.387 e. The smallest absolute Gasteiger partial charge is 0.255 e. The Hall–Kier alpha value is -1.51. The summed E-state index contributed by atoms with van der Waals surface area (Å²) in [7, 11) is 1.87. The van der Waals surface area contributed by atoms with Crippen molar-refractivity contribution in [2.24, 2.45) is 5.92 Å². The van der Waals surface area contributed by atoms with E-state index in [4.69, 9.17) is 0 Å². The van der Waals surface area contributed by atoms with E-state index in [0.717, 1.165) is 43.1 Å². The van der Waals surface area contributed by atoms with Crippen molar-refractivity contribution in [3.8, 4) is 0 Å². The molecule has 0 unspecified atom stereocenters. The number of benzene rings is 1. The average molecular weight is 260 g/mol. The Bertz CT molecular complexity index is 448. The molecule has 1 aliphatic heterocycles. The molecule has 1 saturated heterocycles. The minimum atomic E-state index is 0.166. The van der Waals surface area contributed by atoms with Gasteiger partial charge in [-0.25, -0.2) is 0 Å². The third-order valence-electron chi connectivity index (χ3n) is 4.15. The van der Waals surface area contributed by atoms with Crippen molar-refractivity contribution in [3.63, 3.8) is 0 Å². The van der Waals surface area contributed by atoms with Gasteiger partial charge in [0.2, 0.25) is 0 Å². The van der Waals surface area contributed by atoms with E-state index in [0.29, 0.717) is 0 Å². The van der Waals surface area contributed by atoms with Crippen LogP contribution in [0.15, 0.2) is 18.2 Å². The van der Waals surface area contributed by atoms with Crippen molar-refractivity contribution in [2.75, 3.05) is 25.5 Å². The third kappa shape index (κ3) is 3.09. The molecule has 1 heterocycles. The Labute approximate surface area is 116 Å². The van der Waals surface area contributed by atoms with Crippen LogP contribution in [0.2, 0.25) is 0 Å². The zero-order chi connectivity index (χ0) is 13.8. The topological polar surface area (TPSA) is 32.3 Å². The lowest BCUT2D eigenvalue weighted by atomic mass is 9.94. The predicted octanol–water partition coefficient (Wildman–Crippen LogP) is 3.30. The number of hydrogen-bond acceptors (Lipinski definition) is 2. The standard InChI is InChI=1S/C16H24N2O/c1-4-13-7-9-18(10-8-13)16(19)14-6-5-12(2)11-15(14)17-3/h5-6,11,13,17H,4,7-10H2,1-3H3. The summed E-state index contributed by atoms with van der Waals surface area (Å²) in [5.74, 6) is 0.963. The number of amides is 1. The zero-order valence-corrected chi connectivity index (χ0v) is 12.2. The highest BCUT2D eigenvalue weighted by molar-refractivity contribution is 5.99. The van der Waals surface area contributed by atoms with Gasteiger partial charge in [-0.15, -0.1) is 0 Å². The highest BCUT2D eigenvalue weighted by Gasteiger charge is 2.24. The molecule has 1 aliphatic rings. The maximum absolute atomic E-state index is 12.6. The fourth-order valence-electron chi connectivity index (χ4n) is 2.77. The van der Waals surface area contributed by atoms with E-state index in [1.165, 1.54) is 12.0 Å². The number of likely N-dealkylation sites (tertiary alicyclic amines) is 1. The molecular weight excluding hydrogens is 236 g/mol. The van der Waals surface area contributed by atoms with Gasteiger partial charge in [-0.2, -0.15) is 0 Å². The lowest BCUT2D eigenvalue weighted by molar-refractivity contribution is 0.0690. The molecule has 0 saturated carbocycles. The summed E-state index contributed by atoms with van der Waals surface area (Å²) in [5.41, 5.74) is 2.90. The molecule has 0 bridgehead atoms. The second-order valence-corrected chi connectivity index (χ2v) is 5.44. The molecule has 1 aromatic rings. The van der Waals surface area contributed by atoms with Crippen LogP contribution in [0.3, 0.4) is 0 Å². The van der Waals surface area contributed by atoms with Crippen molar-refractivity contribution < 1.29 is 4.79 Å². The molecular formula is C16H24N2O. The molecule has 1 N–H and O–H groups in total. The van der Waals surface area contributed by atoms with Crippen LogP contribution in [0.1, 0.15) is 42.1 Å². The second kappa shape index (κ2) is 6.09. The third-order valence-corrected chi connectivity index (χ3v) is 4.15. The van der Waals surface area contributed by atoms with Crippen LogP contribution in [-0.2, 0) is 0 Å². The second-order valence-electron chi connectivity index (χ2n) is 5.44. The van der Waals surface area contributed by atoms with Gasteiger partial charge in [0.25, 0.3) is 5.91 Å².